The van der Waals surface area contributed by atoms with E-state index in [1.54, 1.807) is 38.3 Å². The predicted molar refractivity (Wildman–Crippen MR) is 103 cm³/mol. The Bertz CT molecular complexity index is 938. The molecule has 0 aliphatic carbocycles. The number of aromatic amines is 1. The Morgan fingerprint density at radius 2 is 2.00 bits per heavy atom. The van der Waals surface area contributed by atoms with E-state index >= 15 is 0 Å². The van der Waals surface area contributed by atoms with Gasteiger partial charge in [0.25, 0.3) is 5.56 Å². The van der Waals surface area contributed by atoms with E-state index in [0.29, 0.717) is 30.8 Å². The summed E-state index contributed by atoms with van der Waals surface area (Å²) in [6, 6.07) is 8.65. The molecule has 2 heterocycles. The van der Waals surface area contributed by atoms with E-state index < -0.39 is 35.7 Å². The van der Waals surface area contributed by atoms with Crippen LogP contribution in [0.25, 0.3) is 0 Å². The number of H-pyrrole nitrogens is 1. The maximum Gasteiger partial charge on any atom is 0.338 e. The number of hydrogen-bond acceptors (Lipinski definition) is 7. The highest BCUT2D eigenvalue weighted by molar-refractivity contribution is 5.89. The van der Waals surface area contributed by atoms with Crippen LogP contribution in [0.15, 0.2) is 46.1 Å². The van der Waals surface area contributed by atoms with Crippen molar-refractivity contribution in [3.05, 3.63) is 68.5 Å². The quantitative estimate of drug-likeness (QED) is 0.517. The van der Waals surface area contributed by atoms with Gasteiger partial charge in [-0.05, 0) is 19.1 Å². The van der Waals surface area contributed by atoms with Crippen molar-refractivity contribution in [3.63, 3.8) is 0 Å². The number of hydrogen-bond donors (Lipinski definition) is 1. The van der Waals surface area contributed by atoms with Crippen molar-refractivity contribution >= 4 is 5.97 Å². The standard InChI is InChI=1S/C20H24N2O7/c1-13-11-22(20(25)21-17(13)23)18-16(27-9-8-26-2)10-15(29-18)12-28-19(24)14-6-4-3-5-7-14/h3-7,11,15-16,18H,8-10,12H2,1-2H3,(H,21,23,25)/t15?,16-,18-/m1/s1. The summed E-state index contributed by atoms with van der Waals surface area (Å²) in [6.45, 7) is 2.32. The van der Waals surface area contributed by atoms with Crippen LogP contribution in [0.3, 0.4) is 0 Å². The normalized spacial score (nSPS) is 21.2. The van der Waals surface area contributed by atoms with Gasteiger partial charge in [-0.3, -0.25) is 14.3 Å². The number of carbonyl (C=O) groups is 1. The molecule has 156 valence electrons. The Labute approximate surface area is 167 Å². The van der Waals surface area contributed by atoms with Crippen molar-refractivity contribution in [2.24, 2.45) is 0 Å². The zero-order valence-electron chi connectivity index (χ0n) is 16.3. The number of aryl methyl sites for hydroxylation is 1. The van der Waals surface area contributed by atoms with Crippen molar-refractivity contribution in [3.8, 4) is 0 Å². The van der Waals surface area contributed by atoms with Crippen molar-refractivity contribution < 1.29 is 23.7 Å². The maximum absolute atomic E-state index is 12.3. The molecule has 0 bridgehead atoms. The number of esters is 1. The molecule has 1 aliphatic heterocycles. The molecule has 1 saturated heterocycles. The molecular formula is C20H24N2O7. The Balaban J connectivity index is 1.71. The molecule has 1 aliphatic rings. The van der Waals surface area contributed by atoms with Gasteiger partial charge in [-0.2, -0.15) is 0 Å². The van der Waals surface area contributed by atoms with E-state index in [9.17, 15) is 14.4 Å². The van der Waals surface area contributed by atoms with Crippen LogP contribution in [0.5, 0.6) is 0 Å². The van der Waals surface area contributed by atoms with E-state index in [-0.39, 0.29) is 6.61 Å². The summed E-state index contributed by atoms with van der Waals surface area (Å²) >= 11 is 0. The fourth-order valence-electron chi connectivity index (χ4n) is 3.10. The molecule has 0 radical (unpaired) electrons. The van der Waals surface area contributed by atoms with E-state index in [1.807, 2.05) is 6.07 Å². The highest BCUT2D eigenvalue weighted by Crippen LogP contribution is 2.30. The zero-order valence-corrected chi connectivity index (χ0v) is 16.3. The number of carbonyl (C=O) groups excluding carboxylic acids is 1. The summed E-state index contributed by atoms with van der Waals surface area (Å²) in [6.07, 6.45) is 0.182. The number of aromatic nitrogens is 2. The Kier molecular flexibility index (Phi) is 6.97. The third-order valence-electron chi connectivity index (χ3n) is 4.59. The van der Waals surface area contributed by atoms with Crippen LogP contribution in [0.1, 0.15) is 28.6 Å². The van der Waals surface area contributed by atoms with Gasteiger partial charge in [0.05, 0.1) is 24.9 Å². The summed E-state index contributed by atoms with van der Waals surface area (Å²) in [7, 11) is 1.56. The molecule has 3 rings (SSSR count). The van der Waals surface area contributed by atoms with Crippen LogP contribution < -0.4 is 11.2 Å². The molecule has 2 aromatic rings. The van der Waals surface area contributed by atoms with Gasteiger partial charge >= 0.3 is 11.7 Å². The number of rotatable bonds is 8. The van der Waals surface area contributed by atoms with Gasteiger partial charge in [0.1, 0.15) is 12.7 Å². The van der Waals surface area contributed by atoms with Gasteiger partial charge in [0.15, 0.2) is 6.23 Å². The summed E-state index contributed by atoms with van der Waals surface area (Å²) in [5.74, 6) is -0.452. The predicted octanol–water partition coefficient (Wildman–Crippen LogP) is 1.02. The lowest BCUT2D eigenvalue weighted by molar-refractivity contribution is -0.0802. The molecule has 29 heavy (non-hydrogen) atoms. The summed E-state index contributed by atoms with van der Waals surface area (Å²) < 4.78 is 23.4. The second kappa shape index (κ2) is 9.64. The van der Waals surface area contributed by atoms with Crippen molar-refractivity contribution in [1.82, 2.24) is 9.55 Å². The summed E-state index contributed by atoms with van der Waals surface area (Å²) in [5, 5.41) is 0. The van der Waals surface area contributed by atoms with E-state index in [2.05, 4.69) is 4.98 Å². The van der Waals surface area contributed by atoms with Gasteiger partial charge in [-0.25, -0.2) is 9.59 Å². The molecule has 0 saturated carbocycles. The lowest BCUT2D eigenvalue weighted by Crippen LogP contribution is -2.37. The van der Waals surface area contributed by atoms with Crippen molar-refractivity contribution in [1.29, 1.82) is 0 Å². The fraction of sp³-hybridized carbons (Fsp3) is 0.450. The lowest BCUT2D eigenvalue weighted by Gasteiger charge is -2.21. The molecule has 0 amide bonds. The van der Waals surface area contributed by atoms with Crippen LogP contribution >= 0.6 is 0 Å². The first-order valence-corrected chi connectivity index (χ1v) is 9.30. The van der Waals surface area contributed by atoms with Crippen LogP contribution in [0, 0.1) is 6.92 Å². The monoisotopic (exact) mass is 404 g/mol. The topological polar surface area (TPSA) is 109 Å². The second-order valence-electron chi connectivity index (χ2n) is 6.73. The van der Waals surface area contributed by atoms with Gasteiger partial charge in [-0.15, -0.1) is 0 Å². The maximum atomic E-state index is 12.3. The average Bonchev–Trinajstić information content (AvgIpc) is 3.12. The van der Waals surface area contributed by atoms with Gasteiger partial charge in [0, 0.05) is 25.3 Å². The minimum absolute atomic E-state index is 0.0193. The highest BCUT2D eigenvalue weighted by Gasteiger charge is 2.38. The number of benzene rings is 1. The Morgan fingerprint density at radius 3 is 2.72 bits per heavy atom. The number of methoxy groups -OCH3 is 1. The average molecular weight is 404 g/mol. The second-order valence-corrected chi connectivity index (χ2v) is 6.73. The minimum atomic E-state index is -0.754. The van der Waals surface area contributed by atoms with Gasteiger partial charge in [0.2, 0.25) is 0 Å². The van der Waals surface area contributed by atoms with Crippen LogP contribution in [0.4, 0.5) is 0 Å². The lowest BCUT2D eigenvalue weighted by atomic mass is 10.2. The smallest absolute Gasteiger partial charge is 0.338 e. The molecule has 1 fully saturated rings. The largest absolute Gasteiger partial charge is 0.459 e. The van der Waals surface area contributed by atoms with Crippen LogP contribution in [-0.4, -0.2) is 54.7 Å². The zero-order chi connectivity index (χ0) is 20.8. The Morgan fingerprint density at radius 1 is 1.24 bits per heavy atom. The molecule has 9 nitrogen and oxygen atoms in total. The molecule has 0 spiro atoms. The molecule has 9 heteroatoms. The third-order valence-corrected chi connectivity index (χ3v) is 4.59. The van der Waals surface area contributed by atoms with Crippen molar-refractivity contribution in [2.45, 2.75) is 31.8 Å². The van der Waals surface area contributed by atoms with Crippen molar-refractivity contribution in [2.75, 3.05) is 26.9 Å². The van der Waals surface area contributed by atoms with Gasteiger partial charge in [-0.1, -0.05) is 18.2 Å². The SMILES string of the molecule is COCCO[C@@H]1CC(COC(=O)c2ccccc2)O[C@H]1n1cc(C)c(=O)[nH]c1=O. The number of nitrogens with one attached hydrogen (secondary N) is 1. The highest BCUT2D eigenvalue weighted by atomic mass is 16.6. The first-order chi connectivity index (χ1) is 14.0. The van der Waals surface area contributed by atoms with E-state index in [0.717, 1.165) is 0 Å². The molecule has 1 unspecified atom stereocenters. The van der Waals surface area contributed by atoms with Crippen LogP contribution in [-0.2, 0) is 18.9 Å². The number of ether oxygens (including phenoxy) is 4. The third kappa shape index (κ3) is 5.20. The Hall–Kier alpha value is -2.75. The summed E-state index contributed by atoms with van der Waals surface area (Å²) in [4.78, 5) is 38.4. The van der Waals surface area contributed by atoms with Crippen LogP contribution in [0.2, 0.25) is 0 Å². The molecule has 3 atom stereocenters. The molecule has 1 N–H and O–H groups in total. The number of nitrogens with zero attached hydrogens (tertiary/aromatic N) is 1. The molecular weight excluding hydrogens is 380 g/mol. The molecule has 1 aromatic heterocycles. The van der Waals surface area contributed by atoms with E-state index in [4.69, 9.17) is 18.9 Å². The van der Waals surface area contributed by atoms with Gasteiger partial charge < -0.3 is 18.9 Å². The first kappa shape index (κ1) is 21.0. The fourth-order valence-corrected chi connectivity index (χ4v) is 3.10. The van der Waals surface area contributed by atoms with E-state index in [1.165, 1.54) is 10.8 Å². The minimum Gasteiger partial charge on any atom is -0.459 e. The summed E-state index contributed by atoms with van der Waals surface area (Å²) in [5.41, 5.74) is -0.215. The molecule has 1 aromatic carbocycles. The first-order valence-electron chi connectivity index (χ1n) is 9.30.